The van der Waals surface area contributed by atoms with Crippen molar-refractivity contribution in [2.24, 2.45) is 10.1 Å². The van der Waals surface area contributed by atoms with Crippen molar-refractivity contribution in [3.8, 4) is 0 Å². The van der Waals surface area contributed by atoms with Crippen molar-refractivity contribution < 1.29 is 8.42 Å². The molecule has 0 radical (unpaired) electrons. The van der Waals surface area contributed by atoms with Crippen molar-refractivity contribution in [2.75, 3.05) is 0 Å². The molecule has 0 saturated heterocycles. The Kier molecular flexibility index (Phi) is 3.63. The third kappa shape index (κ3) is 2.88. The van der Waals surface area contributed by atoms with Gasteiger partial charge in [-0.25, -0.2) is 4.68 Å². The zero-order valence-corrected chi connectivity index (χ0v) is 12.3. The Morgan fingerprint density at radius 2 is 1.80 bits per heavy atom. The molecule has 1 aromatic heterocycles. The van der Waals surface area contributed by atoms with Crippen LogP contribution >= 0.6 is 0 Å². The van der Waals surface area contributed by atoms with Gasteiger partial charge in [-0.15, -0.1) is 4.40 Å². The van der Waals surface area contributed by atoms with E-state index in [1.165, 1.54) is 16.8 Å². The van der Waals surface area contributed by atoms with Crippen molar-refractivity contribution in [1.82, 2.24) is 9.78 Å². The van der Waals surface area contributed by atoms with E-state index in [4.69, 9.17) is 5.73 Å². The summed E-state index contributed by atoms with van der Waals surface area (Å²) in [6.45, 7) is 5.45. The SMILES string of the molecule is Cc1ccc(S(=O)(=O)/N=C(/N)n2nc(C)cc2C)cc1. The molecular formula is C13H16N4O2S. The highest BCUT2D eigenvalue weighted by atomic mass is 32.2. The second kappa shape index (κ2) is 5.09. The van der Waals surface area contributed by atoms with Gasteiger partial charge in [-0.1, -0.05) is 17.7 Å². The molecule has 1 aromatic carbocycles. The third-order valence-corrected chi connectivity index (χ3v) is 4.05. The van der Waals surface area contributed by atoms with E-state index < -0.39 is 10.0 Å². The molecule has 0 aliphatic heterocycles. The molecule has 6 nitrogen and oxygen atoms in total. The van der Waals surface area contributed by atoms with Gasteiger partial charge in [0.15, 0.2) is 0 Å². The Hall–Kier alpha value is -2.15. The summed E-state index contributed by atoms with van der Waals surface area (Å²) in [6.07, 6.45) is 0. The van der Waals surface area contributed by atoms with E-state index in [2.05, 4.69) is 9.50 Å². The maximum absolute atomic E-state index is 12.1. The summed E-state index contributed by atoms with van der Waals surface area (Å²) >= 11 is 0. The van der Waals surface area contributed by atoms with E-state index in [0.29, 0.717) is 0 Å². The number of hydrogen-bond acceptors (Lipinski definition) is 3. The number of nitrogens with zero attached hydrogens (tertiary/aromatic N) is 3. The van der Waals surface area contributed by atoms with Crippen LogP contribution in [0.5, 0.6) is 0 Å². The normalized spacial score (nSPS) is 12.7. The summed E-state index contributed by atoms with van der Waals surface area (Å²) in [5.41, 5.74) is 8.17. The highest BCUT2D eigenvalue weighted by Gasteiger charge is 2.15. The molecule has 0 bridgehead atoms. The first-order valence-electron chi connectivity index (χ1n) is 6.00. The predicted molar refractivity (Wildman–Crippen MR) is 77.1 cm³/mol. The fourth-order valence-electron chi connectivity index (χ4n) is 1.79. The number of aromatic nitrogens is 2. The maximum atomic E-state index is 12.1. The maximum Gasteiger partial charge on any atom is 0.285 e. The molecule has 0 atom stereocenters. The second-order valence-corrected chi connectivity index (χ2v) is 6.18. The number of nitrogens with two attached hydrogens (primary N) is 1. The van der Waals surface area contributed by atoms with Crippen LogP contribution in [0.3, 0.4) is 0 Å². The van der Waals surface area contributed by atoms with Crippen LogP contribution in [0.25, 0.3) is 0 Å². The standard InChI is InChI=1S/C13H16N4O2S/c1-9-4-6-12(7-5-9)20(18,19)16-13(14)17-11(3)8-10(2)15-17/h4-8H,1-3H3,(H2,14,16). The van der Waals surface area contributed by atoms with Crippen molar-refractivity contribution in [3.05, 3.63) is 47.3 Å². The minimum atomic E-state index is -3.83. The van der Waals surface area contributed by atoms with Crippen LogP contribution in [0.4, 0.5) is 0 Å². The van der Waals surface area contributed by atoms with Crippen LogP contribution in [0, 0.1) is 20.8 Å². The molecule has 1 heterocycles. The predicted octanol–water partition coefficient (Wildman–Crippen LogP) is 1.36. The zero-order chi connectivity index (χ0) is 14.9. The van der Waals surface area contributed by atoms with E-state index >= 15 is 0 Å². The summed E-state index contributed by atoms with van der Waals surface area (Å²) in [6, 6.07) is 8.22. The van der Waals surface area contributed by atoms with Gasteiger partial charge in [0.1, 0.15) is 0 Å². The highest BCUT2D eigenvalue weighted by Crippen LogP contribution is 2.13. The third-order valence-electron chi connectivity index (χ3n) is 2.76. The minimum absolute atomic E-state index is 0.104. The number of rotatable bonds is 2. The first-order valence-corrected chi connectivity index (χ1v) is 7.44. The van der Waals surface area contributed by atoms with Crippen LogP contribution in [0.2, 0.25) is 0 Å². The lowest BCUT2D eigenvalue weighted by Gasteiger charge is -2.04. The summed E-state index contributed by atoms with van der Waals surface area (Å²) in [5, 5.41) is 4.10. The van der Waals surface area contributed by atoms with E-state index in [1.807, 2.05) is 6.92 Å². The van der Waals surface area contributed by atoms with Crippen LogP contribution in [-0.2, 0) is 10.0 Å². The second-order valence-electron chi connectivity index (χ2n) is 4.58. The van der Waals surface area contributed by atoms with Gasteiger partial charge in [-0.2, -0.15) is 13.5 Å². The van der Waals surface area contributed by atoms with Crippen molar-refractivity contribution in [1.29, 1.82) is 0 Å². The molecule has 0 amide bonds. The molecule has 0 spiro atoms. The Bertz CT molecular complexity index is 758. The van der Waals surface area contributed by atoms with Gasteiger partial charge >= 0.3 is 0 Å². The van der Waals surface area contributed by atoms with Crippen LogP contribution in [0.15, 0.2) is 39.6 Å². The Balaban J connectivity index is 2.43. The molecule has 0 aliphatic rings. The van der Waals surface area contributed by atoms with Crippen LogP contribution in [-0.4, -0.2) is 24.2 Å². The molecule has 7 heteroatoms. The molecule has 106 valence electrons. The fourth-order valence-corrected chi connectivity index (χ4v) is 2.69. The van der Waals surface area contributed by atoms with Gasteiger partial charge in [0.25, 0.3) is 10.0 Å². The van der Waals surface area contributed by atoms with Crippen LogP contribution in [0.1, 0.15) is 17.0 Å². The summed E-state index contributed by atoms with van der Waals surface area (Å²) < 4.78 is 29.2. The lowest BCUT2D eigenvalue weighted by Crippen LogP contribution is -2.26. The lowest BCUT2D eigenvalue weighted by atomic mass is 10.2. The van der Waals surface area contributed by atoms with E-state index in [-0.39, 0.29) is 10.9 Å². The van der Waals surface area contributed by atoms with Gasteiger partial charge in [0.05, 0.1) is 10.6 Å². The summed E-state index contributed by atoms with van der Waals surface area (Å²) in [4.78, 5) is 0.104. The molecule has 0 fully saturated rings. The molecule has 0 saturated carbocycles. The van der Waals surface area contributed by atoms with Crippen molar-refractivity contribution >= 4 is 16.0 Å². The van der Waals surface area contributed by atoms with Gasteiger partial charge in [0, 0.05) is 5.69 Å². The Morgan fingerprint density at radius 3 is 2.30 bits per heavy atom. The summed E-state index contributed by atoms with van der Waals surface area (Å²) in [5.74, 6) is -0.170. The smallest absolute Gasteiger partial charge is 0.285 e. The number of hydrogen-bond donors (Lipinski definition) is 1. The molecule has 20 heavy (non-hydrogen) atoms. The average molecular weight is 292 g/mol. The van der Waals surface area contributed by atoms with Gasteiger partial charge in [-0.3, -0.25) is 0 Å². The number of sulfonamides is 1. The summed E-state index contributed by atoms with van der Waals surface area (Å²) in [7, 11) is -3.83. The largest absolute Gasteiger partial charge is 0.367 e. The quantitative estimate of drug-likeness (QED) is 0.668. The minimum Gasteiger partial charge on any atom is -0.367 e. The van der Waals surface area contributed by atoms with E-state index in [1.54, 1.807) is 32.0 Å². The molecule has 0 aliphatic carbocycles. The highest BCUT2D eigenvalue weighted by molar-refractivity contribution is 7.90. The zero-order valence-electron chi connectivity index (χ0n) is 11.5. The number of benzene rings is 1. The van der Waals surface area contributed by atoms with Crippen molar-refractivity contribution in [3.63, 3.8) is 0 Å². The van der Waals surface area contributed by atoms with E-state index in [9.17, 15) is 8.42 Å². The Labute approximate surface area is 118 Å². The van der Waals surface area contributed by atoms with Crippen molar-refractivity contribution in [2.45, 2.75) is 25.7 Å². The van der Waals surface area contributed by atoms with Crippen LogP contribution < -0.4 is 5.73 Å². The molecule has 2 aromatic rings. The van der Waals surface area contributed by atoms with Gasteiger partial charge in [0.2, 0.25) is 5.96 Å². The first kappa shape index (κ1) is 14.3. The van der Waals surface area contributed by atoms with E-state index in [0.717, 1.165) is 17.0 Å². The average Bonchev–Trinajstić information content (AvgIpc) is 2.68. The van der Waals surface area contributed by atoms with Gasteiger partial charge in [-0.05, 0) is 39.0 Å². The van der Waals surface area contributed by atoms with Gasteiger partial charge < -0.3 is 5.73 Å². The molecule has 2 N–H and O–H groups in total. The first-order chi connectivity index (χ1) is 9.29. The lowest BCUT2D eigenvalue weighted by molar-refractivity contribution is 0.597. The molecule has 2 rings (SSSR count). The topological polar surface area (TPSA) is 90.3 Å². The monoisotopic (exact) mass is 292 g/mol. The molecule has 0 unspecified atom stereocenters. The molecular weight excluding hydrogens is 276 g/mol. The Morgan fingerprint density at radius 1 is 1.20 bits per heavy atom. The number of aryl methyl sites for hydroxylation is 3. The fraction of sp³-hybridized carbons (Fsp3) is 0.231.